The van der Waals surface area contributed by atoms with E-state index in [1.807, 2.05) is 13.0 Å². The molecule has 0 radical (unpaired) electrons. The normalized spacial score (nSPS) is 43.8. The molecule has 0 amide bonds. The molecule has 1 heterocycles. The number of hydrogen-bond donors (Lipinski definition) is 1. The van der Waals surface area contributed by atoms with Crippen LogP contribution in [0.4, 0.5) is 0 Å². The molecule has 1 saturated heterocycles. The van der Waals surface area contributed by atoms with Crippen LogP contribution in [-0.4, -0.2) is 34.9 Å². The van der Waals surface area contributed by atoms with Crippen molar-refractivity contribution in [2.45, 2.75) is 51.4 Å². The third kappa shape index (κ3) is 2.28. The topological polar surface area (TPSA) is 72.8 Å². The average Bonchev–Trinajstić information content (AvgIpc) is 2.71. The van der Waals surface area contributed by atoms with Gasteiger partial charge in [0.05, 0.1) is 5.60 Å². The Morgan fingerprint density at radius 1 is 1.55 bits per heavy atom. The monoisotopic (exact) mass is 306 g/mol. The highest BCUT2D eigenvalue weighted by Gasteiger charge is 2.53. The number of fused-ring (bicyclic) bond motifs is 2. The molecular formula is C17H22O5. The van der Waals surface area contributed by atoms with E-state index in [4.69, 9.17) is 9.47 Å². The molecule has 0 aromatic rings. The van der Waals surface area contributed by atoms with Crippen LogP contribution in [-0.2, 0) is 19.1 Å². The Kier molecular flexibility index (Phi) is 3.44. The molecule has 1 aliphatic heterocycles. The molecule has 2 fully saturated rings. The van der Waals surface area contributed by atoms with E-state index >= 15 is 0 Å². The third-order valence-corrected chi connectivity index (χ3v) is 5.20. The molecule has 0 bridgehead atoms. The average molecular weight is 306 g/mol. The lowest BCUT2D eigenvalue weighted by Crippen LogP contribution is -2.28. The van der Waals surface area contributed by atoms with E-state index in [9.17, 15) is 14.7 Å². The number of esters is 2. The van der Waals surface area contributed by atoms with Gasteiger partial charge in [-0.05, 0) is 24.8 Å². The van der Waals surface area contributed by atoms with E-state index in [1.54, 1.807) is 6.92 Å². The zero-order chi connectivity index (χ0) is 16.2. The standard InChI is InChI=1S/C17H22O5/c1-8-5-13-11(9(2)16(19)22-13)6-12-15(8)14(21-10(3)18)7-17(12,4)20/h6,8,11,13-15,20H,2,5,7H2,1,3-4H3. The predicted molar refractivity (Wildman–Crippen MR) is 78.7 cm³/mol. The first-order valence-electron chi connectivity index (χ1n) is 7.72. The number of hydrogen-bond acceptors (Lipinski definition) is 5. The number of rotatable bonds is 1. The molecule has 2 aliphatic carbocycles. The second kappa shape index (κ2) is 4.95. The van der Waals surface area contributed by atoms with Gasteiger partial charge >= 0.3 is 11.9 Å². The summed E-state index contributed by atoms with van der Waals surface area (Å²) >= 11 is 0. The van der Waals surface area contributed by atoms with Gasteiger partial charge in [0.15, 0.2) is 0 Å². The van der Waals surface area contributed by atoms with Crippen molar-refractivity contribution in [3.63, 3.8) is 0 Å². The quantitative estimate of drug-likeness (QED) is 0.454. The summed E-state index contributed by atoms with van der Waals surface area (Å²) in [4.78, 5) is 23.1. The maximum absolute atomic E-state index is 11.7. The molecule has 3 aliphatic rings. The summed E-state index contributed by atoms with van der Waals surface area (Å²) in [7, 11) is 0. The van der Waals surface area contributed by atoms with Crippen molar-refractivity contribution in [2.75, 3.05) is 0 Å². The van der Waals surface area contributed by atoms with Gasteiger partial charge in [-0.1, -0.05) is 19.6 Å². The van der Waals surface area contributed by atoms with E-state index in [1.165, 1.54) is 6.92 Å². The first kappa shape index (κ1) is 15.3. The van der Waals surface area contributed by atoms with Gasteiger partial charge in [-0.3, -0.25) is 4.79 Å². The van der Waals surface area contributed by atoms with Gasteiger partial charge in [0.25, 0.3) is 0 Å². The summed E-state index contributed by atoms with van der Waals surface area (Å²) in [6, 6.07) is 0. The van der Waals surface area contributed by atoms with Crippen molar-refractivity contribution in [3.05, 3.63) is 23.8 Å². The minimum absolute atomic E-state index is 0.0454. The molecule has 6 unspecified atom stereocenters. The van der Waals surface area contributed by atoms with Crippen molar-refractivity contribution in [1.82, 2.24) is 0 Å². The molecule has 5 heteroatoms. The first-order valence-corrected chi connectivity index (χ1v) is 7.72. The Balaban J connectivity index is 2.01. The van der Waals surface area contributed by atoms with Crippen molar-refractivity contribution >= 4 is 11.9 Å². The number of aliphatic hydroxyl groups is 1. The number of carbonyl (C=O) groups is 2. The van der Waals surface area contributed by atoms with Crippen molar-refractivity contribution in [2.24, 2.45) is 17.8 Å². The van der Waals surface area contributed by atoms with Crippen LogP contribution in [0, 0.1) is 17.8 Å². The van der Waals surface area contributed by atoms with Gasteiger partial charge in [0, 0.05) is 30.8 Å². The molecule has 1 N–H and O–H groups in total. The van der Waals surface area contributed by atoms with Crippen LogP contribution in [0.1, 0.15) is 33.6 Å². The van der Waals surface area contributed by atoms with Crippen molar-refractivity contribution < 1.29 is 24.2 Å². The second-order valence-corrected chi connectivity index (χ2v) is 6.98. The largest absolute Gasteiger partial charge is 0.462 e. The van der Waals surface area contributed by atoms with Crippen LogP contribution < -0.4 is 0 Å². The molecule has 0 aromatic carbocycles. The van der Waals surface area contributed by atoms with Gasteiger partial charge in [-0.15, -0.1) is 0 Å². The summed E-state index contributed by atoms with van der Waals surface area (Å²) < 4.78 is 10.8. The lowest BCUT2D eigenvalue weighted by atomic mass is 9.84. The Labute approximate surface area is 130 Å². The Hall–Kier alpha value is -1.62. The van der Waals surface area contributed by atoms with Crippen molar-refractivity contribution in [1.29, 1.82) is 0 Å². The molecule has 6 atom stereocenters. The smallest absolute Gasteiger partial charge is 0.334 e. The lowest BCUT2D eigenvalue weighted by molar-refractivity contribution is -0.149. The van der Waals surface area contributed by atoms with E-state index in [2.05, 4.69) is 6.58 Å². The maximum Gasteiger partial charge on any atom is 0.334 e. The zero-order valence-corrected chi connectivity index (χ0v) is 13.2. The Morgan fingerprint density at radius 2 is 2.23 bits per heavy atom. The van der Waals surface area contributed by atoms with Gasteiger partial charge in [-0.2, -0.15) is 0 Å². The molecule has 120 valence electrons. The predicted octanol–water partition coefficient (Wildman–Crippen LogP) is 1.75. The molecule has 22 heavy (non-hydrogen) atoms. The summed E-state index contributed by atoms with van der Waals surface area (Å²) in [5.41, 5.74) is 0.245. The van der Waals surface area contributed by atoms with Gasteiger partial charge in [0.1, 0.15) is 12.2 Å². The molecule has 3 rings (SSSR count). The fourth-order valence-corrected chi connectivity index (χ4v) is 4.24. The highest BCUT2D eigenvalue weighted by Crippen LogP contribution is 2.51. The Bertz CT molecular complexity index is 574. The summed E-state index contributed by atoms with van der Waals surface area (Å²) in [5.74, 6) is -0.798. The van der Waals surface area contributed by atoms with Gasteiger partial charge in [0.2, 0.25) is 0 Å². The number of carbonyl (C=O) groups excluding carboxylic acids is 2. The molecule has 0 aromatic heterocycles. The number of ether oxygens (including phenoxy) is 2. The summed E-state index contributed by atoms with van der Waals surface area (Å²) in [6.45, 7) is 9.00. The highest BCUT2D eigenvalue weighted by molar-refractivity contribution is 5.91. The van der Waals surface area contributed by atoms with Crippen LogP contribution >= 0.6 is 0 Å². The molecule has 1 saturated carbocycles. The summed E-state index contributed by atoms with van der Waals surface area (Å²) in [6.07, 6.45) is 2.41. The van der Waals surface area contributed by atoms with Crippen LogP contribution in [0.3, 0.4) is 0 Å². The van der Waals surface area contributed by atoms with E-state index in [0.29, 0.717) is 18.4 Å². The van der Waals surface area contributed by atoms with Crippen LogP contribution in [0.25, 0.3) is 0 Å². The second-order valence-electron chi connectivity index (χ2n) is 6.98. The van der Waals surface area contributed by atoms with Gasteiger partial charge in [-0.25, -0.2) is 4.79 Å². The fraction of sp³-hybridized carbons (Fsp3) is 0.647. The van der Waals surface area contributed by atoms with E-state index < -0.39 is 5.60 Å². The van der Waals surface area contributed by atoms with Gasteiger partial charge < -0.3 is 14.6 Å². The molecule has 0 spiro atoms. The van der Waals surface area contributed by atoms with Crippen LogP contribution in [0.2, 0.25) is 0 Å². The molecule has 5 nitrogen and oxygen atoms in total. The van der Waals surface area contributed by atoms with E-state index in [0.717, 1.165) is 5.57 Å². The zero-order valence-electron chi connectivity index (χ0n) is 13.2. The van der Waals surface area contributed by atoms with E-state index in [-0.39, 0.29) is 41.9 Å². The van der Waals surface area contributed by atoms with Crippen molar-refractivity contribution in [3.8, 4) is 0 Å². The Morgan fingerprint density at radius 3 is 2.86 bits per heavy atom. The maximum atomic E-state index is 11.7. The summed E-state index contributed by atoms with van der Waals surface area (Å²) in [5, 5.41) is 10.8. The fourth-order valence-electron chi connectivity index (χ4n) is 4.24. The minimum atomic E-state index is -1.04. The third-order valence-electron chi connectivity index (χ3n) is 5.20. The SMILES string of the molecule is C=C1C(=O)OC2CC(C)C3C(=CC12)C(C)(O)CC3OC(C)=O. The molecular weight excluding hydrogens is 284 g/mol. The lowest BCUT2D eigenvalue weighted by Gasteiger charge is -2.26. The highest BCUT2D eigenvalue weighted by atomic mass is 16.6. The minimum Gasteiger partial charge on any atom is -0.462 e. The first-order chi connectivity index (χ1) is 10.2. The van der Waals surface area contributed by atoms with Crippen LogP contribution in [0.5, 0.6) is 0 Å². The van der Waals surface area contributed by atoms with Crippen LogP contribution in [0.15, 0.2) is 23.8 Å².